The molecule has 0 rings (SSSR count). The van der Waals surface area contributed by atoms with Gasteiger partial charge in [-0.05, 0) is 71.3 Å². The molecule has 4 nitrogen and oxygen atoms in total. The molecule has 0 aliphatic rings. The average Bonchev–Trinajstić information content (AvgIpc) is 3.01. The highest BCUT2D eigenvalue weighted by molar-refractivity contribution is 6.06. The summed E-state index contributed by atoms with van der Waals surface area (Å²) in [7, 11) is 1.80. The summed E-state index contributed by atoms with van der Waals surface area (Å²) in [5.41, 5.74) is 0. The van der Waals surface area contributed by atoms with Gasteiger partial charge in [-0.25, -0.2) is 0 Å². The lowest BCUT2D eigenvalue weighted by atomic mass is 9.96. The normalized spacial score (nSPS) is 12.0. The fourth-order valence-corrected chi connectivity index (χ4v) is 5.97. The Hall–Kier alpha value is -1.26. The molecule has 0 radical (unpaired) electrons. The van der Waals surface area contributed by atoms with Crippen LogP contribution in [0.5, 0.6) is 0 Å². The van der Waals surface area contributed by atoms with E-state index in [4.69, 9.17) is 0 Å². The van der Waals surface area contributed by atoms with E-state index in [-0.39, 0.29) is 18.2 Å². The average molecular weight is 618 g/mol. The van der Waals surface area contributed by atoms with Crippen molar-refractivity contribution < 1.29 is 14.7 Å². The van der Waals surface area contributed by atoms with Crippen LogP contribution in [0.1, 0.15) is 194 Å². The zero-order valence-corrected chi connectivity index (χ0v) is 29.8. The van der Waals surface area contributed by atoms with Crippen molar-refractivity contribution in [3.63, 3.8) is 0 Å². The monoisotopic (exact) mass is 618 g/mol. The summed E-state index contributed by atoms with van der Waals surface area (Å²) >= 11 is 0. The second kappa shape index (κ2) is 34.6. The van der Waals surface area contributed by atoms with E-state index in [1.54, 1.807) is 11.9 Å². The molecule has 0 bridgehead atoms. The van der Waals surface area contributed by atoms with Crippen molar-refractivity contribution in [1.29, 1.82) is 0 Å². The van der Waals surface area contributed by atoms with Gasteiger partial charge in [0.2, 0.25) is 0 Å². The molecule has 0 amide bonds. The quantitative estimate of drug-likeness (QED) is 0.0436. The number of hydrogen-bond donors (Lipinski definition) is 1. The topological polar surface area (TPSA) is 57.6 Å². The number of carbonyl (C=O) groups is 2. The summed E-state index contributed by atoms with van der Waals surface area (Å²) in [5.74, 6) is 0.0765. The molecule has 258 valence electrons. The van der Waals surface area contributed by atoms with E-state index in [0.717, 1.165) is 51.4 Å². The minimum Gasteiger partial charge on any atom is -0.395 e. The van der Waals surface area contributed by atoms with Gasteiger partial charge in [0.1, 0.15) is 6.04 Å². The summed E-state index contributed by atoms with van der Waals surface area (Å²) < 4.78 is 0. The molecule has 0 aliphatic carbocycles. The SMILES string of the molecule is CCCCCCCC/C=C\CCCCCCCC(=O)C(C(=O)CCCCCCC/C=C\CCCCCCCC)N(C)CCO. The summed E-state index contributed by atoms with van der Waals surface area (Å²) in [6.45, 7) is 4.86. The van der Waals surface area contributed by atoms with Crippen LogP contribution in [0.4, 0.5) is 0 Å². The van der Waals surface area contributed by atoms with Crippen LogP contribution >= 0.6 is 0 Å². The highest BCUT2D eigenvalue weighted by atomic mass is 16.3. The number of nitrogens with zero attached hydrogens (tertiary/aromatic N) is 1. The van der Waals surface area contributed by atoms with Crippen LogP contribution in [0.3, 0.4) is 0 Å². The van der Waals surface area contributed by atoms with Gasteiger partial charge in [-0.3, -0.25) is 14.5 Å². The van der Waals surface area contributed by atoms with Crippen LogP contribution in [-0.4, -0.2) is 47.8 Å². The zero-order chi connectivity index (χ0) is 32.4. The second-order valence-corrected chi connectivity index (χ2v) is 13.2. The lowest BCUT2D eigenvalue weighted by molar-refractivity contribution is -0.134. The third-order valence-corrected chi connectivity index (χ3v) is 8.87. The molecule has 1 N–H and O–H groups in total. The maximum Gasteiger partial charge on any atom is 0.157 e. The highest BCUT2D eigenvalue weighted by Crippen LogP contribution is 2.15. The Bertz CT molecular complexity index is 634. The fraction of sp³-hybridized carbons (Fsp3) is 0.850. The minimum atomic E-state index is -0.685. The van der Waals surface area contributed by atoms with Gasteiger partial charge >= 0.3 is 0 Å². The van der Waals surface area contributed by atoms with Crippen LogP contribution in [0.15, 0.2) is 24.3 Å². The van der Waals surface area contributed by atoms with Crippen molar-refractivity contribution in [2.75, 3.05) is 20.2 Å². The molecule has 0 unspecified atom stereocenters. The summed E-state index contributed by atoms with van der Waals surface area (Å²) in [6, 6.07) is -0.685. The molecule has 0 aromatic carbocycles. The second-order valence-electron chi connectivity index (χ2n) is 13.2. The minimum absolute atomic E-state index is 0.0334. The molecule has 0 spiro atoms. The van der Waals surface area contributed by atoms with Crippen LogP contribution in [-0.2, 0) is 9.59 Å². The van der Waals surface area contributed by atoms with E-state index in [9.17, 15) is 14.7 Å². The number of Topliss-reactive ketones (excluding diaryl/α,β-unsaturated/α-hetero) is 2. The largest absolute Gasteiger partial charge is 0.395 e. The Morgan fingerprint density at radius 2 is 0.795 bits per heavy atom. The Labute approximate surface area is 274 Å². The van der Waals surface area contributed by atoms with Crippen molar-refractivity contribution in [3.8, 4) is 0 Å². The van der Waals surface area contributed by atoms with Crippen LogP contribution in [0.25, 0.3) is 0 Å². The first-order chi connectivity index (χ1) is 21.6. The molecule has 0 aliphatic heterocycles. The first-order valence-corrected chi connectivity index (χ1v) is 19.2. The number of ketones is 2. The van der Waals surface area contributed by atoms with Crippen molar-refractivity contribution in [2.45, 2.75) is 200 Å². The highest BCUT2D eigenvalue weighted by Gasteiger charge is 2.29. The Morgan fingerprint density at radius 1 is 0.500 bits per heavy atom. The Kier molecular flexibility index (Phi) is 33.6. The summed E-state index contributed by atoms with van der Waals surface area (Å²) in [4.78, 5) is 27.8. The number of aliphatic hydroxyl groups excluding tert-OH is 1. The van der Waals surface area contributed by atoms with Crippen molar-refractivity contribution in [3.05, 3.63) is 24.3 Å². The molecule has 0 aromatic rings. The molecule has 0 aromatic heterocycles. The number of likely N-dealkylation sites (N-methyl/N-ethyl adjacent to an activating group) is 1. The Morgan fingerprint density at radius 3 is 1.11 bits per heavy atom. The number of hydrogen-bond acceptors (Lipinski definition) is 4. The van der Waals surface area contributed by atoms with Crippen molar-refractivity contribution in [2.24, 2.45) is 0 Å². The first kappa shape index (κ1) is 42.7. The number of unbranched alkanes of at least 4 members (excludes halogenated alkanes) is 22. The fourth-order valence-electron chi connectivity index (χ4n) is 5.97. The van der Waals surface area contributed by atoms with Gasteiger partial charge in [0.05, 0.1) is 6.61 Å². The van der Waals surface area contributed by atoms with E-state index >= 15 is 0 Å². The van der Waals surface area contributed by atoms with Gasteiger partial charge < -0.3 is 5.11 Å². The third kappa shape index (κ3) is 28.2. The van der Waals surface area contributed by atoms with Crippen molar-refractivity contribution in [1.82, 2.24) is 4.90 Å². The molecular formula is C40H75NO3. The lowest BCUT2D eigenvalue weighted by Gasteiger charge is -2.25. The van der Waals surface area contributed by atoms with E-state index < -0.39 is 6.04 Å². The van der Waals surface area contributed by atoms with Gasteiger partial charge in [-0.1, -0.05) is 141 Å². The molecule has 0 heterocycles. The third-order valence-electron chi connectivity index (χ3n) is 8.87. The van der Waals surface area contributed by atoms with E-state index in [1.807, 2.05) is 0 Å². The maximum absolute atomic E-state index is 13.0. The predicted octanol–water partition coefficient (Wildman–Crippen LogP) is 11.5. The van der Waals surface area contributed by atoms with Crippen LogP contribution in [0, 0.1) is 0 Å². The smallest absolute Gasteiger partial charge is 0.157 e. The summed E-state index contributed by atoms with van der Waals surface area (Å²) in [5, 5.41) is 9.41. The number of allylic oxidation sites excluding steroid dienone is 4. The summed E-state index contributed by atoms with van der Waals surface area (Å²) in [6.07, 6.45) is 42.4. The molecule has 4 heteroatoms. The van der Waals surface area contributed by atoms with Crippen LogP contribution in [0.2, 0.25) is 0 Å². The van der Waals surface area contributed by atoms with E-state index in [2.05, 4.69) is 38.2 Å². The van der Waals surface area contributed by atoms with E-state index in [1.165, 1.54) is 116 Å². The molecule has 0 fully saturated rings. The van der Waals surface area contributed by atoms with Gasteiger partial charge in [0.15, 0.2) is 11.6 Å². The molecule has 44 heavy (non-hydrogen) atoms. The lowest BCUT2D eigenvalue weighted by Crippen LogP contribution is -2.45. The molecule has 0 atom stereocenters. The van der Waals surface area contributed by atoms with Gasteiger partial charge in [-0.2, -0.15) is 0 Å². The zero-order valence-electron chi connectivity index (χ0n) is 29.8. The van der Waals surface area contributed by atoms with Crippen molar-refractivity contribution >= 4 is 11.6 Å². The van der Waals surface area contributed by atoms with E-state index in [0.29, 0.717) is 19.4 Å². The van der Waals surface area contributed by atoms with Gasteiger partial charge in [0.25, 0.3) is 0 Å². The predicted molar refractivity (Wildman–Crippen MR) is 192 cm³/mol. The first-order valence-electron chi connectivity index (χ1n) is 19.2. The molecular weight excluding hydrogens is 542 g/mol. The van der Waals surface area contributed by atoms with Gasteiger partial charge in [-0.15, -0.1) is 0 Å². The number of rotatable bonds is 35. The molecule has 0 saturated carbocycles. The number of carbonyl (C=O) groups excluding carboxylic acids is 2. The molecule has 0 saturated heterocycles. The standard InChI is InChI=1S/C40H75NO3/c1-4-6-8-10-12-14-16-18-20-22-24-26-28-30-32-34-38(43)40(41(3)36-37-42)39(44)35-33-31-29-27-25-23-21-19-17-15-13-11-9-7-5-2/h18-21,40,42H,4-17,22-37H2,1-3H3/b20-18-,21-19-. The van der Waals surface area contributed by atoms with Gasteiger partial charge in [0, 0.05) is 19.4 Å². The van der Waals surface area contributed by atoms with Crippen LogP contribution < -0.4 is 0 Å². The maximum atomic E-state index is 13.0. The number of aliphatic hydroxyl groups is 1. The Balaban J connectivity index is 3.97.